The van der Waals surface area contributed by atoms with Gasteiger partial charge in [0.2, 0.25) is 0 Å². The lowest BCUT2D eigenvalue weighted by atomic mass is 9.92. The number of halogens is 2. The standard InChI is InChI=1S/C15H21Cl2NO2/c1-3-5-18-15(10-4-6-20-9-10)11-7-13(17)14(19-2)8-12(11)16/h7-8,10,15,18H,3-6,9H2,1-2H3. The quantitative estimate of drug-likeness (QED) is 0.857. The Morgan fingerprint density at radius 1 is 1.40 bits per heavy atom. The molecule has 0 aliphatic carbocycles. The van der Waals surface area contributed by atoms with E-state index in [2.05, 4.69) is 12.2 Å². The molecule has 2 rings (SSSR count). The van der Waals surface area contributed by atoms with E-state index in [1.54, 1.807) is 13.2 Å². The Bertz CT molecular complexity index is 448. The molecule has 1 aliphatic rings. The predicted molar refractivity (Wildman–Crippen MR) is 83.0 cm³/mol. The fraction of sp³-hybridized carbons (Fsp3) is 0.600. The SMILES string of the molecule is CCCNC(c1cc(Cl)c(OC)cc1Cl)C1CCOC1. The number of hydrogen-bond acceptors (Lipinski definition) is 3. The Kier molecular flexibility index (Phi) is 5.97. The first-order chi connectivity index (χ1) is 9.67. The van der Waals surface area contributed by atoms with Gasteiger partial charge in [0.15, 0.2) is 0 Å². The molecular formula is C15H21Cl2NO2. The molecule has 1 heterocycles. The Morgan fingerprint density at radius 3 is 2.80 bits per heavy atom. The van der Waals surface area contributed by atoms with E-state index in [0.29, 0.717) is 21.7 Å². The van der Waals surface area contributed by atoms with Crippen molar-refractivity contribution in [2.45, 2.75) is 25.8 Å². The van der Waals surface area contributed by atoms with Gasteiger partial charge in [0.1, 0.15) is 5.75 Å². The molecule has 1 fully saturated rings. The topological polar surface area (TPSA) is 30.5 Å². The van der Waals surface area contributed by atoms with Crippen LogP contribution in [0.5, 0.6) is 5.75 Å². The van der Waals surface area contributed by atoms with Crippen LogP contribution in [0.1, 0.15) is 31.4 Å². The van der Waals surface area contributed by atoms with Gasteiger partial charge >= 0.3 is 0 Å². The summed E-state index contributed by atoms with van der Waals surface area (Å²) in [6, 6.07) is 3.87. The Balaban J connectivity index is 2.29. The summed E-state index contributed by atoms with van der Waals surface area (Å²) in [5.74, 6) is 1.04. The summed E-state index contributed by atoms with van der Waals surface area (Å²) in [5.41, 5.74) is 1.03. The minimum absolute atomic E-state index is 0.174. The number of benzene rings is 1. The molecule has 0 spiro atoms. The van der Waals surface area contributed by atoms with Gasteiger partial charge in [0.05, 0.1) is 18.7 Å². The molecule has 0 radical (unpaired) electrons. The minimum atomic E-state index is 0.174. The first-order valence-electron chi connectivity index (χ1n) is 7.01. The van der Waals surface area contributed by atoms with Gasteiger partial charge in [0.25, 0.3) is 0 Å². The van der Waals surface area contributed by atoms with Crippen molar-refractivity contribution in [1.82, 2.24) is 5.32 Å². The number of methoxy groups -OCH3 is 1. The van der Waals surface area contributed by atoms with E-state index in [-0.39, 0.29) is 6.04 Å². The molecular weight excluding hydrogens is 297 g/mol. The van der Waals surface area contributed by atoms with Gasteiger partial charge in [-0.05, 0) is 31.0 Å². The summed E-state index contributed by atoms with van der Waals surface area (Å²) in [7, 11) is 1.59. The summed E-state index contributed by atoms with van der Waals surface area (Å²) in [5, 5.41) is 4.85. The summed E-state index contributed by atoms with van der Waals surface area (Å²) in [6.07, 6.45) is 2.12. The number of hydrogen-bond donors (Lipinski definition) is 1. The third-order valence-electron chi connectivity index (χ3n) is 3.66. The molecule has 0 aromatic heterocycles. The maximum absolute atomic E-state index is 6.41. The van der Waals surface area contributed by atoms with Crippen molar-refractivity contribution in [1.29, 1.82) is 0 Å². The zero-order chi connectivity index (χ0) is 14.5. The molecule has 0 amide bonds. The lowest BCUT2D eigenvalue weighted by Gasteiger charge is -2.25. The molecule has 0 bridgehead atoms. The van der Waals surface area contributed by atoms with Gasteiger partial charge in [-0.2, -0.15) is 0 Å². The number of nitrogens with one attached hydrogen (secondary N) is 1. The highest BCUT2D eigenvalue weighted by molar-refractivity contribution is 6.34. The smallest absolute Gasteiger partial charge is 0.138 e. The maximum atomic E-state index is 6.41. The first kappa shape index (κ1) is 15.9. The lowest BCUT2D eigenvalue weighted by molar-refractivity contribution is 0.176. The van der Waals surface area contributed by atoms with Crippen LogP contribution >= 0.6 is 23.2 Å². The van der Waals surface area contributed by atoms with E-state index in [9.17, 15) is 0 Å². The van der Waals surface area contributed by atoms with Crippen molar-refractivity contribution in [3.8, 4) is 5.75 Å². The number of rotatable bonds is 6. The average molecular weight is 318 g/mol. The van der Waals surface area contributed by atoms with Gasteiger partial charge in [-0.1, -0.05) is 30.1 Å². The van der Waals surface area contributed by atoms with Crippen molar-refractivity contribution < 1.29 is 9.47 Å². The molecule has 1 N–H and O–H groups in total. The zero-order valence-electron chi connectivity index (χ0n) is 11.9. The largest absolute Gasteiger partial charge is 0.495 e. The second-order valence-corrected chi connectivity index (χ2v) is 5.88. The van der Waals surface area contributed by atoms with E-state index in [1.165, 1.54) is 0 Å². The summed E-state index contributed by atoms with van der Waals surface area (Å²) in [6.45, 7) is 4.68. The molecule has 2 unspecified atom stereocenters. The van der Waals surface area contributed by atoms with Crippen molar-refractivity contribution in [2.75, 3.05) is 26.9 Å². The van der Waals surface area contributed by atoms with Crippen molar-refractivity contribution in [3.05, 3.63) is 27.7 Å². The summed E-state index contributed by atoms with van der Waals surface area (Å²) < 4.78 is 10.7. The van der Waals surface area contributed by atoms with Crippen LogP contribution in [0, 0.1) is 5.92 Å². The van der Waals surface area contributed by atoms with Gasteiger partial charge in [-0.3, -0.25) is 0 Å². The molecule has 1 saturated heterocycles. The molecule has 1 aliphatic heterocycles. The third kappa shape index (κ3) is 3.59. The normalized spacial score (nSPS) is 20.1. The Morgan fingerprint density at radius 2 is 2.20 bits per heavy atom. The van der Waals surface area contributed by atoms with Gasteiger partial charge in [0, 0.05) is 29.7 Å². The average Bonchev–Trinajstić information content (AvgIpc) is 2.96. The highest BCUT2D eigenvalue weighted by Crippen LogP contribution is 2.38. The second kappa shape index (κ2) is 7.51. The van der Waals surface area contributed by atoms with Crippen molar-refractivity contribution in [3.63, 3.8) is 0 Å². The molecule has 1 aromatic carbocycles. The van der Waals surface area contributed by atoms with Gasteiger partial charge in [-0.25, -0.2) is 0 Å². The molecule has 0 saturated carbocycles. The summed E-state index contributed by atoms with van der Waals surface area (Å²) >= 11 is 12.7. The molecule has 112 valence electrons. The highest BCUT2D eigenvalue weighted by atomic mass is 35.5. The fourth-order valence-electron chi connectivity index (χ4n) is 2.58. The second-order valence-electron chi connectivity index (χ2n) is 5.06. The molecule has 20 heavy (non-hydrogen) atoms. The summed E-state index contributed by atoms with van der Waals surface area (Å²) in [4.78, 5) is 0. The Hall–Kier alpha value is -0.480. The zero-order valence-corrected chi connectivity index (χ0v) is 13.4. The van der Waals surface area contributed by atoms with Crippen LogP contribution in [-0.4, -0.2) is 26.9 Å². The monoisotopic (exact) mass is 317 g/mol. The van der Waals surface area contributed by atoms with E-state index >= 15 is 0 Å². The number of ether oxygens (including phenoxy) is 2. The van der Waals surface area contributed by atoms with Gasteiger partial charge < -0.3 is 14.8 Å². The Labute approximate surface area is 130 Å². The van der Waals surface area contributed by atoms with Crippen molar-refractivity contribution in [2.24, 2.45) is 5.92 Å². The minimum Gasteiger partial charge on any atom is -0.495 e. The molecule has 3 nitrogen and oxygen atoms in total. The van der Waals surface area contributed by atoms with Crippen LogP contribution in [0.15, 0.2) is 12.1 Å². The van der Waals surface area contributed by atoms with Gasteiger partial charge in [-0.15, -0.1) is 0 Å². The van der Waals surface area contributed by atoms with Crippen LogP contribution < -0.4 is 10.1 Å². The molecule has 2 atom stereocenters. The first-order valence-corrected chi connectivity index (χ1v) is 7.77. The van der Waals surface area contributed by atoms with Crippen LogP contribution in [0.4, 0.5) is 0 Å². The van der Waals surface area contributed by atoms with E-state index in [1.807, 2.05) is 6.07 Å². The molecule has 5 heteroatoms. The van der Waals surface area contributed by atoms with E-state index in [0.717, 1.165) is 38.2 Å². The third-order valence-corrected chi connectivity index (χ3v) is 4.28. The fourth-order valence-corrected chi connectivity index (χ4v) is 3.11. The predicted octanol–water partition coefficient (Wildman–Crippen LogP) is 4.08. The van der Waals surface area contributed by atoms with Crippen molar-refractivity contribution >= 4 is 23.2 Å². The highest BCUT2D eigenvalue weighted by Gasteiger charge is 2.28. The van der Waals surface area contributed by atoms with E-state index in [4.69, 9.17) is 32.7 Å². The van der Waals surface area contributed by atoms with Crippen LogP contribution in [0.3, 0.4) is 0 Å². The molecule has 1 aromatic rings. The lowest BCUT2D eigenvalue weighted by Crippen LogP contribution is -2.29. The van der Waals surface area contributed by atoms with Crippen LogP contribution in [0.25, 0.3) is 0 Å². The van der Waals surface area contributed by atoms with Crippen LogP contribution in [-0.2, 0) is 4.74 Å². The van der Waals surface area contributed by atoms with E-state index < -0.39 is 0 Å². The maximum Gasteiger partial charge on any atom is 0.138 e. The van der Waals surface area contributed by atoms with Crippen LogP contribution in [0.2, 0.25) is 10.0 Å².